The Kier molecular flexibility index (Phi) is 10.4. The summed E-state index contributed by atoms with van der Waals surface area (Å²) in [5.41, 5.74) is 5.67. The van der Waals surface area contributed by atoms with Gasteiger partial charge in [-0.3, -0.25) is 9.35 Å². The molecule has 1 unspecified atom stereocenters. The van der Waals surface area contributed by atoms with Crippen LogP contribution in [0, 0.1) is 12.8 Å². The van der Waals surface area contributed by atoms with Gasteiger partial charge in [0.05, 0.1) is 9.23 Å². The lowest BCUT2D eigenvalue weighted by Gasteiger charge is -2.36. The van der Waals surface area contributed by atoms with Crippen molar-refractivity contribution in [1.82, 2.24) is 4.90 Å². The number of para-hydroxylation sites is 1. The minimum Gasteiger partial charge on any atom is -0.312 e. The van der Waals surface area contributed by atoms with E-state index in [1.54, 1.807) is 23.5 Å². The fourth-order valence-electron chi connectivity index (χ4n) is 4.96. The zero-order valence-electron chi connectivity index (χ0n) is 23.5. The average Bonchev–Trinajstić information content (AvgIpc) is 3.37. The molecule has 1 N–H and O–H groups in total. The van der Waals surface area contributed by atoms with E-state index in [-0.39, 0.29) is 10.8 Å². The summed E-state index contributed by atoms with van der Waals surface area (Å²) in [6, 6.07) is 26.8. The van der Waals surface area contributed by atoms with Gasteiger partial charge in [0.15, 0.2) is 0 Å². The number of fused-ring (bicyclic) bond motifs is 1. The third-order valence-corrected chi connectivity index (χ3v) is 9.06. The summed E-state index contributed by atoms with van der Waals surface area (Å²) in [5.74, 6) is 0.677. The molecular weight excluding hydrogens is 576 g/mol. The molecule has 1 aliphatic heterocycles. The van der Waals surface area contributed by atoms with Gasteiger partial charge in [-0.25, -0.2) is 0 Å². The van der Waals surface area contributed by atoms with Crippen molar-refractivity contribution in [1.29, 1.82) is 0 Å². The second-order valence-corrected chi connectivity index (χ2v) is 13.7. The predicted octanol–water partition coefficient (Wildman–Crippen LogP) is 7.01. The SMILES string of the molecule is CN(C)CC1Cc2ccccc2N(C(=O)CCc2ccc(-c3ccc(Cl)s3)cc2)C1.Cc1ccc(S(=O)(=O)O)cc1. The normalized spacial score (nSPS) is 14.8. The molecule has 1 atom stereocenters. The van der Waals surface area contributed by atoms with Crippen molar-refractivity contribution in [3.63, 3.8) is 0 Å². The van der Waals surface area contributed by atoms with E-state index in [9.17, 15) is 13.2 Å². The number of rotatable bonds is 7. The summed E-state index contributed by atoms with van der Waals surface area (Å²) in [6.45, 7) is 3.63. The molecule has 0 bridgehead atoms. The van der Waals surface area contributed by atoms with Crippen molar-refractivity contribution in [3.8, 4) is 10.4 Å². The molecule has 5 rings (SSSR count). The summed E-state index contributed by atoms with van der Waals surface area (Å²) in [4.78, 5) is 18.5. The fraction of sp³-hybridized carbons (Fsp3) is 0.281. The van der Waals surface area contributed by atoms with Gasteiger partial charge >= 0.3 is 0 Å². The topological polar surface area (TPSA) is 77.9 Å². The molecular formula is C32H35ClN2O4S2. The Hall–Kier alpha value is -3.01. The first-order valence-corrected chi connectivity index (χ1v) is 16.0. The third-order valence-electron chi connectivity index (χ3n) is 6.91. The number of anilines is 1. The van der Waals surface area contributed by atoms with Gasteiger partial charge in [0, 0.05) is 30.1 Å². The van der Waals surface area contributed by atoms with Crippen LogP contribution in [0.3, 0.4) is 0 Å². The van der Waals surface area contributed by atoms with Crippen LogP contribution in [-0.4, -0.2) is 51.0 Å². The highest BCUT2D eigenvalue weighted by Gasteiger charge is 2.28. The maximum Gasteiger partial charge on any atom is 0.294 e. The minimum atomic E-state index is -4.02. The first kappa shape index (κ1) is 30.9. The molecule has 0 aliphatic carbocycles. The number of carbonyl (C=O) groups is 1. The number of benzene rings is 3. The van der Waals surface area contributed by atoms with Crippen LogP contribution in [-0.2, 0) is 27.8 Å². The van der Waals surface area contributed by atoms with Crippen LogP contribution in [0.4, 0.5) is 5.69 Å². The molecule has 216 valence electrons. The zero-order chi connectivity index (χ0) is 29.6. The van der Waals surface area contributed by atoms with Crippen LogP contribution in [0.25, 0.3) is 10.4 Å². The van der Waals surface area contributed by atoms with E-state index in [4.69, 9.17) is 16.2 Å². The van der Waals surface area contributed by atoms with Gasteiger partial charge in [0.2, 0.25) is 5.91 Å². The molecule has 1 aromatic heterocycles. The number of hydrogen-bond acceptors (Lipinski definition) is 5. The lowest BCUT2D eigenvalue weighted by Crippen LogP contribution is -2.43. The van der Waals surface area contributed by atoms with Crippen molar-refractivity contribution < 1.29 is 17.8 Å². The highest BCUT2D eigenvalue weighted by Crippen LogP contribution is 2.32. The van der Waals surface area contributed by atoms with Crippen molar-refractivity contribution in [2.45, 2.75) is 31.1 Å². The average molecular weight is 611 g/mol. The monoisotopic (exact) mass is 610 g/mol. The Morgan fingerprint density at radius 1 is 1.00 bits per heavy atom. The van der Waals surface area contributed by atoms with Crippen molar-refractivity contribution >= 4 is 44.7 Å². The van der Waals surface area contributed by atoms with Gasteiger partial charge < -0.3 is 9.80 Å². The van der Waals surface area contributed by atoms with Crippen molar-refractivity contribution in [2.24, 2.45) is 5.92 Å². The van der Waals surface area contributed by atoms with Crippen LogP contribution in [0.2, 0.25) is 4.34 Å². The largest absolute Gasteiger partial charge is 0.312 e. The predicted molar refractivity (Wildman–Crippen MR) is 169 cm³/mol. The summed E-state index contributed by atoms with van der Waals surface area (Å²) in [6.07, 6.45) is 2.31. The molecule has 0 spiro atoms. The molecule has 41 heavy (non-hydrogen) atoms. The van der Waals surface area contributed by atoms with Crippen LogP contribution >= 0.6 is 22.9 Å². The lowest BCUT2D eigenvalue weighted by atomic mass is 9.91. The second-order valence-electron chi connectivity index (χ2n) is 10.6. The van der Waals surface area contributed by atoms with Gasteiger partial charge in [0.25, 0.3) is 10.1 Å². The van der Waals surface area contributed by atoms with E-state index in [1.807, 2.05) is 30.0 Å². The van der Waals surface area contributed by atoms with Gasteiger partial charge in [-0.15, -0.1) is 11.3 Å². The number of halogens is 1. The van der Waals surface area contributed by atoms with Crippen LogP contribution in [0.1, 0.15) is 23.1 Å². The lowest BCUT2D eigenvalue weighted by molar-refractivity contribution is -0.118. The van der Waals surface area contributed by atoms with Crippen molar-refractivity contribution in [3.05, 3.63) is 106 Å². The fourth-order valence-corrected chi connectivity index (χ4v) is 6.48. The zero-order valence-corrected chi connectivity index (χ0v) is 25.8. The van der Waals surface area contributed by atoms with E-state index >= 15 is 0 Å². The smallest absolute Gasteiger partial charge is 0.294 e. The Morgan fingerprint density at radius 3 is 2.29 bits per heavy atom. The minimum absolute atomic E-state index is 0.0666. The molecule has 1 amide bonds. The van der Waals surface area contributed by atoms with Crippen LogP contribution in [0.5, 0.6) is 0 Å². The molecule has 4 aromatic rings. The maximum atomic E-state index is 13.2. The molecule has 2 heterocycles. The quantitative estimate of drug-likeness (QED) is 0.228. The summed E-state index contributed by atoms with van der Waals surface area (Å²) in [7, 11) is 0.176. The van der Waals surface area contributed by atoms with E-state index in [0.717, 1.165) is 41.5 Å². The number of aryl methyl sites for hydroxylation is 2. The molecule has 0 saturated heterocycles. The Bertz CT molecular complexity index is 1570. The molecule has 1 aliphatic rings. The van der Waals surface area contributed by atoms with Gasteiger partial charge in [0.1, 0.15) is 0 Å². The van der Waals surface area contributed by atoms with Crippen LogP contribution < -0.4 is 4.90 Å². The highest BCUT2D eigenvalue weighted by atomic mass is 35.5. The van der Waals surface area contributed by atoms with E-state index in [1.165, 1.54) is 33.7 Å². The molecule has 9 heteroatoms. The highest BCUT2D eigenvalue weighted by molar-refractivity contribution is 7.85. The van der Waals surface area contributed by atoms with E-state index in [0.29, 0.717) is 12.3 Å². The number of hydrogen-bond donors (Lipinski definition) is 1. The van der Waals surface area contributed by atoms with Crippen molar-refractivity contribution in [2.75, 3.05) is 32.1 Å². The molecule has 0 saturated carbocycles. The van der Waals surface area contributed by atoms with Gasteiger partial charge in [-0.2, -0.15) is 8.42 Å². The molecule has 0 radical (unpaired) electrons. The van der Waals surface area contributed by atoms with E-state index in [2.05, 4.69) is 61.5 Å². The summed E-state index contributed by atoms with van der Waals surface area (Å²) in [5, 5.41) is 0. The first-order valence-electron chi connectivity index (χ1n) is 13.4. The molecule has 3 aromatic carbocycles. The maximum absolute atomic E-state index is 13.2. The summed E-state index contributed by atoms with van der Waals surface area (Å²) < 4.78 is 30.4. The van der Waals surface area contributed by atoms with Crippen LogP contribution in [0.15, 0.2) is 89.8 Å². The van der Waals surface area contributed by atoms with Gasteiger partial charge in [-0.1, -0.05) is 71.8 Å². The molecule has 6 nitrogen and oxygen atoms in total. The summed E-state index contributed by atoms with van der Waals surface area (Å²) >= 11 is 7.63. The number of amides is 1. The Balaban J connectivity index is 0.000000296. The number of carbonyl (C=O) groups excluding carboxylic acids is 1. The Morgan fingerprint density at radius 2 is 1.68 bits per heavy atom. The molecule has 0 fully saturated rings. The first-order chi connectivity index (χ1) is 19.5. The number of nitrogens with zero attached hydrogens (tertiary/aromatic N) is 2. The second kappa shape index (κ2) is 13.8. The third kappa shape index (κ3) is 8.74. The Labute approximate surface area is 252 Å². The number of thiophene rings is 1. The standard InChI is InChI=1S/C25H27ClN2OS.C7H8O3S/c1-27(2)16-19-15-21-5-3-4-6-22(21)28(17-19)25(29)14-9-18-7-10-20(11-8-18)23-12-13-24(26)30-23;1-6-2-4-7(5-3-6)11(8,9)10/h3-8,10-13,19H,9,14-17H2,1-2H3;2-5H,1H3,(H,8,9,10). The van der Waals surface area contributed by atoms with E-state index < -0.39 is 10.1 Å². The van der Waals surface area contributed by atoms with Gasteiger partial charge in [-0.05, 0) is 86.8 Å².